The summed E-state index contributed by atoms with van der Waals surface area (Å²) in [7, 11) is 1.50. The highest BCUT2D eigenvalue weighted by atomic mass is 35.5. The summed E-state index contributed by atoms with van der Waals surface area (Å²) in [5.41, 5.74) is 0.232. The van der Waals surface area contributed by atoms with Crippen molar-refractivity contribution < 1.29 is 14.6 Å². The number of hydrogen-bond acceptors (Lipinski definition) is 3. The van der Waals surface area contributed by atoms with Crippen LogP contribution >= 0.6 is 11.6 Å². The monoisotopic (exact) mass is 269 g/mol. The molecule has 98 valence electrons. The Morgan fingerprint density at radius 2 is 2.33 bits per heavy atom. The standard InChI is InChI=1S/C13H16ClNO3/c1-18-9-4-5-10(12(16)6-9)13(17)15-7-11(14)8-2-3-8/h4-6,8,11,16H,2-3,7H2,1H3,(H,15,17). The second-order valence-corrected chi connectivity index (χ2v) is 5.01. The molecule has 1 fully saturated rings. The predicted octanol–water partition coefficient (Wildman–Crippen LogP) is 2.15. The molecule has 1 aliphatic carbocycles. The average Bonchev–Trinajstić information content (AvgIpc) is 3.19. The quantitative estimate of drug-likeness (QED) is 0.806. The third kappa shape index (κ3) is 3.07. The number of carbonyl (C=O) groups excluding carboxylic acids is 1. The molecule has 1 aliphatic rings. The first kappa shape index (κ1) is 13.0. The molecule has 2 rings (SSSR count). The molecule has 0 radical (unpaired) electrons. The van der Waals surface area contributed by atoms with E-state index < -0.39 is 0 Å². The number of hydrogen-bond donors (Lipinski definition) is 2. The van der Waals surface area contributed by atoms with Crippen molar-refractivity contribution in [3.63, 3.8) is 0 Å². The first-order valence-electron chi connectivity index (χ1n) is 5.91. The fourth-order valence-corrected chi connectivity index (χ4v) is 2.07. The van der Waals surface area contributed by atoms with Gasteiger partial charge in [0, 0.05) is 12.6 Å². The second kappa shape index (κ2) is 5.48. The molecule has 0 bridgehead atoms. The lowest BCUT2D eigenvalue weighted by Gasteiger charge is -2.11. The van der Waals surface area contributed by atoms with E-state index in [0.29, 0.717) is 18.2 Å². The fraction of sp³-hybridized carbons (Fsp3) is 0.462. The molecular weight excluding hydrogens is 254 g/mol. The van der Waals surface area contributed by atoms with E-state index in [2.05, 4.69) is 5.32 Å². The summed E-state index contributed by atoms with van der Waals surface area (Å²) in [5, 5.41) is 12.4. The normalized spacial score (nSPS) is 16.1. The van der Waals surface area contributed by atoms with Crippen LogP contribution in [0.3, 0.4) is 0 Å². The molecule has 18 heavy (non-hydrogen) atoms. The zero-order valence-electron chi connectivity index (χ0n) is 10.1. The highest BCUT2D eigenvalue weighted by molar-refractivity contribution is 6.21. The van der Waals surface area contributed by atoms with Gasteiger partial charge in [-0.05, 0) is 30.9 Å². The Bertz CT molecular complexity index is 446. The minimum atomic E-state index is -0.318. The van der Waals surface area contributed by atoms with Gasteiger partial charge in [-0.2, -0.15) is 0 Å². The van der Waals surface area contributed by atoms with Gasteiger partial charge in [0.15, 0.2) is 0 Å². The Kier molecular flexibility index (Phi) is 3.97. The van der Waals surface area contributed by atoms with Gasteiger partial charge in [-0.25, -0.2) is 0 Å². The van der Waals surface area contributed by atoms with Crippen LogP contribution in [0, 0.1) is 5.92 Å². The largest absolute Gasteiger partial charge is 0.507 e. The number of ether oxygens (including phenoxy) is 1. The lowest BCUT2D eigenvalue weighted by Crippen LogP contribution is -2.30. The van der Waals surface area contributed by atoms with Gasteiger partial charge in [0.2, 0.25) is 0 Å². The molecule has 1 amide bonds. The molecule has 1 aromatic carbocycles. The molecule has 0 heterocycles. The zero-order chi connectivity index (χ0) is 13.1. The van der Waals surface area contributed by atoms with Crippen molar-refractivity contribution in [3.05, 3.63) is 23.8 Å². The number of aromatic hydroxyl groups is 1. The molecule has 1 unspecified atom stereocenters. The molecule has 5 heteroatoms. The SMILES string of the molecule is COc1ccc(C(=O)NCC(Cl)C2CC2)c(O)c1. The Morgan fingerprint density at radius 3 is 2.89 bits per heavy atom. The van der Waals surface area contributed by atoms with E-state index in [1.807, 2.05) is 0 Å². The Balaban J connectivity index is 1.95. The number of halogens is 1. The van der Waals surface area contributed by atoms with E-state index in [1.54, 1.807) is 6.07 Å². The summed E-state index contributed by atoms with van der Waals surface area (Å²) in [6.45, 7) is 0.427. The van der Waals surface area contributed by atoms with Crippen molar-refractivity contribution in [2.24, 2.45) is 5.92 Å². The number of phenolic OH excluding ortho intramolecular Hbond substituents is 1. The number of phenols is 1. The summed E-state index contributed by atoms with van der Waals surface area (Å²) in [6.07, 6.45) is 2.27. The third-order valence-electron chi connectivity index (χ3n) is 3.04. The van der Waals surface area contributed by atoms with Crippen molar-refractivity contribution in [1.29, 1.82) is 0 Å². The molecule has 0 spiro atoms. The van der Waals surface area contributed by atoms with Crippen LogP contribution in [0.5, 0.6) is 11.5 Å². The number of rotatable bonds is 5. The average molecular weight is 270 g/mol. The highest BCUT2D eigenvalue weighted by Crippen LogP contribution is 2.35. The Hall–Kier alpha value is -1.42. The van der Waals surface area contributed by atoms with Gasteiger partial charge in [0.1, 0.15) is 11.5 Å². The fourth-order valence-electron chi connectivity index (χ4n) is 1.74. The number of nitrogens with one attached hydrogen (secondary N) is 1. The maximum absolute atomic E-state index is 11.8. The molecule has 0 saturated heterocycles. The van der Waals surface area contributed by atoms with Crippen LogP contribution < -0.4 is 10.1 Å². The molecular formula is C13H16ClNO3. The summed E-state index contributed by atoms with van der Waals surface area (Å²) in [4.78, 5) is 11.8. The Labute approximate surface area is 111 Å². The maximum atomic E-state index is 11.8. The first-order chi connectivity index (χ1) is 8.61. The number of methoxy groups -OCH3 is 1. The number of amides is 1. The van der Waals surface area contributed by atoms with E-state index in [-0.39, 0.29) is 22.6 Å². The van der Waals surface area contributed by atoms with Gasteiger partial charge in [-0.3, -0.25) is 4.79 Å². The van der Waals surface area contributed by atoms with Crippen molar-refractivity contribution in [1.82, 2.24) is 5.32 Å². The van der Waals surface area contributed by atoms with E-state index in [1.165, 1.54) is 19.2 Å². The first-order valence-corrected chi connectivity index (χ1v) is 6.34. The molecule has 2 N–H and O–H groups in total. The van der Waals surface area contributed by atoms with E-state index in [9.17, 15) is 9.90 Å². The van der Waals surface area contributed by atoms with Gasteiger partial charge in [-0.15, -0.1) is 11.6 Å². The van der Waals surface area contributed by atoms with E-state index in [4.69, 9.17) is 16.3 Å². The van der Waals surface area contributed by atoms with Crippen LogP contribution in [-0.4, -0.2) is 30.0 Å². The van der Waals surface area contributed by atoms with Crippen LogP contribution in [0.2, 0.25) is 0 Å². The third-order valence-corrected chi connectivity index (χ3v) is 3.55. The summed E-state index contributed by atoms with van der Waals surface area (Å²) in [5.74, 6) is 0.625. The smallest absolute Gasteiger partial charge is 0.255 e. The molecule has 1 atom stereocenters. The van der Waals surface area contributed by atoms with Gasteiger partial charge in [0.05, 0.1) is 18.1 Å². The number of alkyl halides is 1. The van der Waals surface area contributed by atoms with Gasteiger partial charge < -0.3 is 15.2 Å². The van der Waals surface area contributed by atoms with E-state index >= 15 is 0 Å². The maximum Gasteiger partial charge on any atom is 0.255 e. The van der Waals surface area contributed by atoms with Crippen LogP contribution in [-0.2, 0) is 0 Å². The summed E-state index contributed by atoms with van der Waals surface area (Å²) >= 11 is 6.10. The lowest BCUT2D eigenvalue weighted by molar-refractivity contribution is 0.0950. The van der Waals surface area contributed by atoms with Crippen molar-refractivity contribution in [2.75, 3.05) is 13.7 Å². The molecule has 0 aliphatic heterocycles. The highest BCUT2D eigenvalue weighted by Gasteiger charge is 2.29. The summed E-state index contributed by atoms with van der Waals surface area (Å²) < 4.78 is 4.95. The van der Waals surface area contributed by atoms with Crippen molar-refractivity contribution in [2.45, 2.75) is 18.2 Å². The number of carbonyl (C=O) groups is 1. The molecule has 4 nitrogen and oxygen atoms in total. The van der Waals surface area contributed by atoms with Crippen LogP contribution in [0.1, 0.15) is 23.2 Å². The van der Waals surface area contributed by atoms with Crippen LogP contribution in [0.15, 0.2) is 18.2 Å². The van der Waals surface area contributed by atoms with Crippen LogP contribution in [0.25, 0.3) is 0 Å². The minimum absolute atomic E-state index is 0.0191. The second-order valence-electron chi connectivity index (χ2n) is 4.45. The Morgan fingerprint density at radius 1 is 1.61 bits per heavy atom. The topological polar surface area (TPSA) is 58.6 Å². The number of benzene rings is 1. The molecule has 1 aromatic rings. The van der Waals surface area contributed by atoms with E-state index in [0.717, 1.165) is 12.8 Å². The predicted molar refractivity (Wildman–Crippen MR) is 69.4 cm³/mol. The van der Waals surface area contributed by atoms with Gasteiger partial charge in [0.25, 0.3) is 5.91 Å². The lowest BCUT2D eigenvalue weighted by atomic mass is 10.1. The minimum Gasteiger partial charge on any atom is -0.507 e. The van der Waals surface area contributed by atoms with Crippen LogP contribution in [0.4, 0.5) is 0 Å². The van der Waals surface area contributed by atoms with Gasteiger partial charge in [-0.1, -0.05) is 0 Å². The van der Waals surface area contributed by atoms with Crippen molar-refractivity contribution >= 4 is 17.5 Å². The van der Waals surface area contributed by atoms with Gasteiger partial charge >= 0.3 is 0 Å². The molecule has 0 aromatic heterocycles. The van der Waals surface area contributed by atoms with Crippen molar-refractivity contribution in [3.8, 4) is 11.5 Å². The molecule has 1 saturated carbocycles. The summed E-state index contributed by atoms with van der Waals surface area (Å²) in [6, 6.07) is 4.57. The zero-order valence-corrected chi connectivity index (χ0v) is 10.9.